The molecule has 1 saturated heterocycles. The third-order valence-corrected chi connectivity index (χ3v) is 6.45. The fraction of sp³-hybridized carbons (Fsp3) is 0.115. The van der Waals surface area contributed by atoms with Gasteiger partial charge in [0.05, 0.1) is 16.2 Å². The van der Waals surface area contributed by atoms with Gasteiger partial charge in [0.1, 0.15) is 12.4 Å². The number of likely N-dealkylation sites (N-methyl/N-ethyl adjacent to an activating group) is 1. The van der Waals surface area contributed by atoms with E-state index in [0.29, 0.717) is 33.0 Å². The highest BCUT2D eigenvalue weighted by Gasteiger charge is 2.30. The minimum Gasteiger partial charge on any atom is -0.488 e. The molecule has 1 amide bonds. The van der Waals surface area contributed by atoms with E-state index in [1.165, 1.54) is 16.7 Å². The van der Waals surface area contributed by atoms with Crippen LogP contribution >= 0.6 is 11.8 Å². The molecule has 1 N–H and O–H groups in total. The first kappa shape index (κ1) is 22.5. The summed E-state index contributed by atoms with van der Waals surface area (Å²) in [5, 5.41) is 9.60. The standard InChI is InChI=1S/C26H20N2O6S/c1-28-24(29)23(35-26(28)27-19-10-11-21-22(13-19)34-15-33-21)12-18-4-2-3-5-20(18)32-14-16-6-8-17(9-7-16)25(30)31/h2-13H,14-15H2,1H3,(H,30,31)/b23-12-,27-26?. The third-order valence-electron chi connectivity index (χ3n) is 5.39. The van der Waals surface area contributed by atoms with Crippen LogP contribution in [0.2, 0.25) is 0 Å². The maximum atomic E-state index is 12.9. The second kappa shape index (κ2) is 9.55. The van der Waals surface area contributed by atoms with Gasteiger partial charge in [-0.3, -0.25) is 9.69 Å². The molecular weight excluding hydrogens is 468 g/mol. The minimum atomic E-state index is -0.973. The fourth-order valence-electron chi connectivity index (χ4n) is 3.49. The van der Waals surface area contributed by atoms with Crippen molar-refractivity contribution in [2.45, 2.75) is 6.61 Å². The highest BCUT2D eigenvalue weighted by Crippen LogP contribution is 2.38. The molecule has 2 heterocycles. The number of aromatic carboxylic acids is 1. The third kappa shape index (κ3) is 4.85. The van der Waals surface area contributed by atoms with Crippen molar-refractivity contribution in [1.82, 2.24) is 4.90 Å². The minimum absolute atomic E-state index is 0.159. The van der Waals surface area contributed by atoms with Gasteiger partial charge in [-0.05, 0) is 53.7 Å². The number of para-hydroxylation sites is 1. The first-order valence-corrected chi connectivity index (χ1v) is 11.5. The van der Waals surface area contributed by atoms with Crippen molar-refractivity contribution in [3.05, 3.63) is 88.3 Å². The van der Waals surface area contributed by atoms with Gasteiger partial charge in [0.2, 0.25) is 6.79 Å². The number of amides is 1. The topological polar surface area (TPSA) is 97.7 Å². The Labute approximate surface area is 205 Å². The lowest BCUT2D eigenvalue weighted by Crippen LogP contribution is -2.23. The van der Waals surface area contributed by atoms with Gasteiger partial charge >= 0.3 is 5.97 Å². The Morgan fingerprint density at radius 1 is 1.11 bits per heavy atom. The number of rotatable bonds is 6. The summed E-state index contributed by atoms with van der Waals surface area (Å²) in [7, 11) is 1.69. The number of hydrogen-bond acceptors (Lipinski definition) is 7. The summed E-state index contributed by atoms with van der Waals surface area (Å²) in [6.07, 6.45) is 1.79. The second-order valence-corrected chi connectivity index (χ2v) is 8.74. The normalized spacial score (nSPS) is 16.8. The van der Waals surface area contributed by atoms with E-state index in [4.69, 9.17) is 19.3 Å². The molecule has 0 unspecified atom stereocenters. The lowest BCUT2D eigenvalue weighted by Gasteiger charge is -2.10. The number of thioether (sulfide) groups is 1. The maximum absolute atomic E-state index is 12.9. The van der Waals surface area contributed by atoms with Gasteiger partial charge in [-0.15, -0.1) is 0 Å². The van der Waals surface area contributed by atoms with E-state index in [1.54, 1.807) is 49.5 Å². The van der Waals surface area contributed by atoms with E-state index in [-0.39, 0.29) is 24.9 Å². The average molecular weight is 489 g/mol. The van der Waals surface area contributed by atoms with Crippen LogP contribution < -0.4 is 14.2 Å². The molecule has 0 spiro atoms. The summed E-state index contributed by atoms with van der Waals surface area (Å²) >= 11 is 1.28. The molecule has 0 atom stereocenters. The number of benzene rings is 3. The van der Waals surface area contributed by atoms with E-state index < -0.39 is 5.97 Å². The van der Waals surface area contributed by atoms with Crippen molar-refractivity contribution < 1.29 is 28.9 Å². The molecule has 176 valence electrons. The highest BCUT2D eigenvalue weighted by molar-refractivity contribution is 8.18. The van der Waals surface area contributed by atoms with Gasteiger partial charge < -0.3 is 19.3 Å². The van der Waals surface area contributed by atoms with Crippen molar-refractivity contribution in [3.63, 3.8) is 0 Å². The van der Waals surface area contributed by atoms with Gasteiger partial charge in [-0.2, -0.15) is 0 Å². The SMILES string of the molecule is CN1C(=O)/C(=C/c2ccccc2OCc2ccc(C(=O)O)cc2)SC1=Nc1ccc2c(c1)OCO2. The summed E-state index contributed by atoms with van der Waals surface area (Å²) in [5.74, 6) is 0.781. The predicted octanol–water partition coefficient (Wildman–Crippen LogP) is 4.93. The molecule has 35 heavy (non-hydrogen) atoms. The molecule has 0 radical (unpaired) electrons. The number of carbonyl (C=O) groups is 2. The number of amidine groups is 1. The molecule has 1 fully saturated rings. The van der Waals surface area contributed by atoms with E-state index >= 15 is 0 Å². The zero-order chi connectivity index (χ0) is 24.4. The zero-order valence-electron chi connectivity index (χ0n) is 18.6. The molecule has 2 aliphatic heterocycles. The largest absolute Gasteiger partial charge is 0.488 e. The monoisotopic (exact) mass is 488 g/mol. The predicted molar refractivity (Wildman–Crippen MR) is 132 cm³/mol. The lowest BCUT2D eigenvalue weighted by molar-refractivity contribution is -0.121. The van der Waals surface area contributed by atoms with Gasteiger partial charge in [0.15, 0.2) is 16.7 Å². The molecule has 0 saturated carbocycles. The first-order chi connectivity index (χ1) is 17.0. The Hall–Kier alpha value is -4.24. The number of ether oxygens (including phenoxy) is 3. The lowest BCUT2D eigenvalue weighted by atomic mass is 10.1. The van der Waals surface area contributed by atoms with Gasteiger partial charge in [-0.1, -0.05) is 30.3 Å². The van der Waals surface area contributed by atoms with Crippen LogP contribution in [0.3, 0.4) is 0 Å². The molecule has 0 aliphatic carbocycles. The average Bonchev–Trinajstić information content (AvgIpc) is 3.44. The highest BCUT2D eigenvalue weighted by atomic mass is 32.2. The summed E-state index contributed by atoms with van der Waals surface area (Å²) in [4.78, 5) is 30.6. The number of carboxylic acids is 1. The van der Waals surface area contributed by atoms with Crippen molar-refractivity contribution in [3.8, 4) is 17.2 Å². The Morgan fingerprint density at radius 3 is 2.69 bits per heavy atom. The van der Waals surface area contributed by atoms with Crippen molar-refractivity contribution >= 4 is 40.6 Å². The Balaban J connectivity index is 1.34. The van der Waals surface area contributed by atoms with Gasteiger partial charge in [0, 0.05) is 18.7 Å². The van der Waals surface area contributed by atoms with Crippen molar-refractivity contribution in [2.75, 3.05) is 13.8 Å². The Kier molecular flexibility index (Phi) is 6.15. The van der Waals surface area contributed by atoms with Crippen LogP contribution in [-0.2, 0) is 11.4 Å². The van der Waals surface area contributed by atoms with Crippen LogP contribution in [0.15, 0.2) is 76.6 Å². The molecule has 3 aromatic rings. The van der Waals surface area contributed by atoms with Gasteiger partial charge in [0.25, 0.3) is 5.91 Å². The summed E-state index contributed by atoms with van der Waals surface area (Å²) in [6, 6.07) is 19.3. The number of nitrogens with zero attached hydrogens (tertiary/aromatic N) is 2. The molecule has 5 rings (SSSR count). The molecule has 9 heteroatoms. The zero-order valence-corrected chi connectivity index (χ0v) is 19.5. The van der Waals surface area contributed by atoms with E-state index in [9.17, 15) is 9.59 Å². The number of aliphatic imine (C=N–C) groups is 1. The van der Waals surface area contributed by atoms with Crippen LogP contribution in [0, 0.1) is 0 Å². The molecule has 2 aliphatic rings. The van der Waals surface area contributed by atoms with Crippen LogP contribution in [0.25, 0.3) is 6.08 Å². The van der Waals surface area contributed by atoms with Gasteiger partial charge in [-0.25, -0.2) is 9.79 Å². The quantitative estimate of drug-likeness (QED) is 0.492. The van der Waals surface area contributed by atoms with Crippen molar-refractivity contribution in [1.29, 1.82) is 0 Å². The van der Waals surface area contributed by atoms with E-state index in [2.05, 4.69) is 4.99 Å². The first-order valence-electron chi connectivity index (χ1n) is 10.7. The van der Waals surface area contributed by atoms with Crippen LogP contribution in [0.4, 0.5) is 5.69 Å². The molecule has 3 aromatic carbocycles. The molecule has 0 aromatic heterocycles. The number of carboxylic acid groups (broad SMARTS) is 1. The van der Waals surface area contributed by atoms with Crippen LogP contribution in [0.1, 0.15) is 21.5 Å². The number of hydrogen-bond donors (Lipinski definition) is 1. The summed E-state index contributed by atoms with van der Waals surface area (Å²) < 4.78 is 16.7. The van der Waals surface area contributed by atoms with Crippen molar-refractivity contribution in [2.24, 2.45) is 4.99 Å². The van der Waals surface area contributed by atoms with Crippen LogP contribution in [-0.4, -0.2) is 40.9 Å². The van der Waals surface area contributed by atoms with Crippen LogP contribution in [0.5, 0.6) is 17.2 Å². The van der Waals surface area contributed by atoms with E-state index in [0.717, 1.165) is 11.1 Å². The van der Waals surface area contributed by atoms with E-state index in [1.807, 2.05) is 30.3 Å². The molecular formula is C26H20N2O6S. The Bertz CT molecular complexity index is 1370. The number of carbonyl (C=O) groups excluding carboxylic acids is 1. The second-order valence-electron chi connectivity index (χ2n) is 7.74. The summed E-state index contributed by atoms with van der Waals surface area (Å²) in [5.41, 5.74) is 2.47. The Morgan fingerprint density at radius 2 is 1.89 bits per heavy atom. The fourth-order valence-corrected chi connectivity index (χ4v) is 4.47. The molecule has 8 nitrogen and oxygen atoms in total. The maximum Gasteiger partial charge on any atom is 0.335 e. The smallest absolute Gasteiger partial charge is 0.335 e. The molecule has 0 bridgehead atoms. The number of fused-ring (bicyclic) bond motifs is 1. The summed E-state index contributed by atoms with van der Waals surface area (Å²) in [6.45, 7) is 0.447.